The van der Waals surface area contributed by atoms with Gasteiger partial charge in [0, 0.05) is 13.1 Å². The molecule has 0 spiro atoms. The third-order valence-electron chi connectivity index (χ3n) is 4.12. The molecule has 19 heavy (non-hydrogen) atoms. The molecule has 1 aromatic carbocycles. The lowest BCUT2D eigenvalue weighted by Gasteiger charge is -2.31. The highest BCUT2D eigenvalue weighted by atomic mass is 15.3. The minimum atomic E-state index is 0.683. The van der Waals surface area contributed by atoms with Gasteiger partial charge in [-0.15, -0.1) is 0 Å². The van der Waals surface area contributed by atoms with E-state index in [1.165, 1.54) is 37.8 Å². The summed E-state index contributed by atoms with van der Waals surface area (Å²) in [6.45, 7) is 0. The van der Waals surface area contributed by atoms with Crippen LogP contribution >= 0.6 is 0 Å². The topological polar surface area (TPSA) is 21.1 Å². The second kappa shape index (κ2) is 5.47. The predicted molar refractivity (Wildman–Crippen MR) is 78.8 cm³/mol. The van der Waals surface area contributed by atoms with Crippen LogP contribution in [0.1, 0.15) is 32.1 Å². The lowest BCUT2D eigenvalue weighted by molar-refractivity contribution is 0.427. The van der Waals surface area contributed by atoms with Crippen LogP contribution in [0.5, 0.6) is 0 Å². The minimum Gasteiger partial charge on any atom is -0.369 e. The SMILES string of the molecule is CN(c1cnn(-c2ccccc2)c1)C1CCCCC1. The summed E-state index contributed by atoms with van der Waals surface area (Å²) in [6.07, 6.45) is 10.9. The molecular weight excluding hydrogens is 234 g/mol. The molecule has 1 aliphatic rings. The first-order valence-corrected chi connectivity index (χ1v) is 7.17. The van der Waals surface area contributed by atoms with Gasteiger partial charge in [-0.2, -0.15) is 5.10 Å². The zero-order valence-corrected chi connectivity index (χ0v) is 11.5. The largest absolute Gasteiger partial charge is 0.369 e. The standard InChI is InChI=1S/C16H21N3/c1-18(14-8-4-2-5-9-14)16-12-17-19(13-16)15-10-6-3-7-11-15/h3,6-7,10-14H,2,4-5,8-9H2,1H3. The van der Waals surface area contributed by atoms with Crippen LogP contribution in [-0.4, -0.2) is 22.9 Å². The molecule has 0 amide bonds. The Morgan fingerprint density at radius 2 is 1.84 bits per heavy atom. The maximum Gasteiger partial charge on any atom is 0.0757 e. The van der Waals surface area contributed by atoms with Crippen LogP contribution < -0.4 is 4.90 Å². The molecule has 0 bridgehead atoms. The highest BCUT2D eigenvalue weighted by molar-refractivity contribution is 5.45. The molecule has 3 nitrogen and oxygen atoms in total. The molecule has 0 saturated heterocycles. The Hall–Kier alpha value is -1.77. The Kier molecular flexibility index (Phi) is 3.53. The molecule has 1 fully saturated rings. The van der Waals surface area contributed by atoms with E-state index >= 15 is 0 Å². The average molecular weight is 255 g/mol. The van der Waals surface area contributed by atoms with E-state index < -0.39 is 0 Å². The lowest BCUT2D eigenvalue weighted by atomic mass is 9.94. The van der Waals surface area contributed by atoms with Crippen molar-refractivity contribution in [2.45, 2.75) is 38.1 Å². The molecule has 0 N–H and O–H groups in total. The van der Waals surface area contributed by atoms with E-state index in [1.54, 1.807) is 0 Å². The van der Waals surface area contributed by atoms with E-state index in [-0.39, 0.29) is 0 Å². The van der Waals surface area contributed by atoms with Gasteiger partial charge < -0.3 is 4.90 Å². The maximum absolute atomic E-state index is 4.48. The molecule has 0 radical (unpaired) electrons. The maximum atomic E-state index is 4.48. The van der Waals surface area contributed by atoms with Crippen LogP contribution in [0.4, 0.5) is 5.69 Å². The summed E-state index contributed by atoms with van der Waals surface area (Å²) in [6, 6.07) is 11.0. The van der Waals surface area contributed by atoms with Crippen molar-refractivity contribution in [2.75, 3.05) is 11.9 Å². The van der Waals surface area contributed by atoms with Crippen LogP contribution in [0.3, 0.4) is 0 Å². The van der Waals surface area contributed by atoms with Gasteiger partial charge in [0.2, 0.25) is 0 Å². The zero-order chi connectivity index (χ0) is 13.1. The predicted octanol–water partition coefficient (Wildman–Crippen LogP) is 3.64. The first kappa shape index (κ1) is 12.3. The number of nitrogens with zero attached hydrogens (tertiary/aromatic N) is 3. The molecule has 0 aliphatic heterocycles. The van der Waals surface area contributed by atoms with Gasteiger partial charge in [0.1, 0.15) is 0 Å². The highest BCUT2D eigenvalue weighted by Crippen LogP contribution is 2.26. The quantitative estimate of drug-likeness (QED) is 0.835. The number of para-hydroxylation sites is 1. The van der Waals surface area contributed by atoms with E-state index in [0.29, 0.717) is 6.04 Å². The van der Waals surface area contributed by atoms with Gasteiger partial charge >= 0.3 is 0 Å². The molecule has 2 aromatic rings. The van der Waals surface area contributed by atoms with Gasteiger partial charge in [-0.25, -0.2) is 4.68 Å². The molecular formula is C16H21N3. The number of rotatable bonds is 3. The monoisotopic (exact) mass is 255 g/mol. The second-order valence-electron chi connectivity index (χ2n) is 5.38. The molecule has 3 heteroatoms. The van der Waals surface area contributed by atoms with Crippen molar-refractivity contribution in [1.82, 2.24) is 9.78 Å². The summed E-state index contributed by atoms with van der Waals surface area (Å²) in [5.41, 5.74) is 2.33. The fourth-order valence-corrected chi connectivity index (χ4v) is 2.90. The van der Waals surface area contributed by atoms with Gasteiger partial charge in [-0.3, -0.25) is 0 Å². The fraction of sp³-hybridized carbons (Fsp3) is 0.438. The Morgan fingerprint density at radius 3 is 2.58 bits per heavy atom. The van der Waals surface area contributed by atoms with Crippen molar-refractivity contribution in [3.05, 3.63) is 42.7 Å². The van der Waals surface area contributed by atoms with E-state index in [4.69, 9.17) is 0 Å². The van der Waals surface area contributed by atoms with Crippen molar-refractivity contribution in [2.24, 2.45) is 0 Å². The van der Waals surface area contributed by atoms with E-state index in [1.807, 2.05) is 29.1 Å². The van der Waals surface area contributed by atoms with Crippen molar-refractivity contribution >= 4 is 5.69 Å². The van der Waals surface area contributed by atoms with Crippen molar-refractivity contribution in [3.8, 4) is 5.69 Å². The van der Waals surface area contributed by atoms with Gasteiger partial charge in [0.05, 0.1) is 23.8 Å². The van der Waals surface area contributed by atoms with Gasteiger partial charge in [0.25, 0.3) is 0 Å². The third-order valence-corrected chi connectivity index (χ3v) is 4.12. The van der Waals surface area contributed by atoms with Crippen molar-refractivity contribution < 1.29 is 0 Å². The number of hydrogen-bond donors (Lipinski definition) is 0. The zero-order valence-electron chi connectivity index (χ0n) is 11.5. The molecule has 1 heterocycles. The van der Waals surface area contributed by atoms with Crippen LogP contribution in [0.15, 0.2) is 42.7 Å². The Morgan fingerprint density at radius 1 is 1.11 bits per heavy atom. The van der Waals surface area contributed by atoms with E-state index in [2.05, 4.69) is 35.4 Å². The summed E-state index contributed by atoms with van der Waals surface area (Å²) in [4.78, 5) is 2.39. The van der Waals surface area contributed by atoms with E-state index in [9.17, 15) is 0 Å². The number of hydrogen-bond acceptors (Lipinski definition) is 2. The first-order chi connectivity index (χ1) is 9.34. The van der Waals surface area contributed by atoms with Crippen LogP contribution in [0.25, 0.3) is 5.69 Å². The van der Waals surface area contributed by atoms with Crippen LogP contribution in [-0.2, 0) is 0 Å². The van der Waals surface area contributed by atoms with E-state index in [0.717, 1.165) is 5.69 Å². The smallest absolute Gasteiger partial charge is 0.0757 e. The molecule has 100 valence electrons. The molecule has 1 aliphatic carbocycles. The second-order valence-corrected chi connectivity index (χ2v) is 5.38. The van der Waals surface area contributed by atoms with Gasteiger partial charge in [-0.05, 0) is 25.0 Å². The summed E-state index contributed by atoms with van der Waals surface area (Å²) < 4.78 is 1.95. The van der Waals surface area contributed by atoms with Crippen LogP contribution in [0.2, 0.25) is 0 Å². The Balaban J connectivity index is 1.77. The average Bonchev–Trinajstić information content (AvgIpc) is 2.98. The van der Waals surface area contributed by atoms with Crippen LogP contribution in [0, 0.1) is 0 Å². The molecule has 0 unspecified atom stereocenters. The fourth-order valence-electron chi connectivity index (χ4n) is 2.90. The van der Waals surface area contributed by atoms with Gasteiger partial charge in [-0.1, -0.05) is 37.5 Å². The molecule has 1 saturated carbocycles. The van der Waals surface area contributed by atoms with Crippen molar-refractivity contribution in [3.63, 3.8) is 0 Å². The third kappa shape index (κ3) is 2.65. The summed E-state index contributed by atoms with van der Waals surface area (Å²) in [5, 5.41) is 4.48. The number of aromatic nitrogens is 2. The molecule has 1 aromatic heterocycles. The van der Waals surface area contributed by atoms with Crippen molar-refractivity contribution in [1.29, 1.82) is 0 Å². The highest BCUT2D eigenvalue weighted by Gasteiger charge is 2.19. The number of anilines is 1. The number of benzene rings is 1. The lowest BCUT2D eigenvalue weighted by Crippen LogP contribution is -2.33. The summed E-state index contributed by atoms with van der Waals surface area (Å²) >= 11 is 0. The molecule has 0 atom stereocenters. The molecule has 3 rings (SSSR count). The first-order valence-electron chi connectivity index (χ1n) is 7.17. The van der Waals surface area contributed by atoms with Gasteiger partial charge in [0.15, 0.2) is 0 Å². The minimum absolute atomic E-state index is 0.683. The normalized spacial score (nSPS) is 16.5. The summed E-state index contributed by atoms with van der Waals surface area (Å²) in [5.74, 6) is 0. The Bertz CT molecular complexity index is 512. The summed E-state index contributed by atoms with van der Waals surface area (Å²) in [7, 11) is 2.20. The Labute approximate surface area is 114 Å².